The van der Waals surface area contributed by atoms with E-state index in [0.717, 1.165) is 4.47 Å². The molecule has 6 bridgehead atoms. The van der Waals surface area contributed by atoms with Gasteiger partial charge in [-0.15, -0.1) is 29.0 Å². The van der Waals surface area contributed by atoms with Gasteiger partial charge < -0.3 is 24.8 Å². The topological polar surface area (TPSA) is 0 Å². The number of benzene rings is 4. The number of hydrogen-bond donors (Lipinski definition) is 0. The van der Waals surface area contributed by atoms with Crippen LogP contribution < -0.4 is 24.8 Å². The van der Waals surface area contributed by atoms with Crippen LogP contribution in [0.3, 0.4) is 0 Å². The van der Waals surface area contributed by atoms with Gasteiger partial charge in [-0.05, 0) is 12.1 Å². The molecule has 4 aliphatic rings. The first kappa shape index (κ1) is 28.2. The van der Waals surface area contributed by atoms with E-state index in [-0.39, 0.29) is 56.9 Å². The third-order valence-electron chi connectivity index (χ3n) is 6.14. The van der Waals surface area contributed by atoms with Gasteiger partial charge in [0.05, 0.1) is 0 Å². The molecular weight excluding hydrogens is 634 g/mol. The zero-order chi connectivity index (χ0) is 21.5. The second-order valence-electron chi connectivity index (χ2n) is 8.10. The van der Waals surface area contributed by atoms with E-state index in [1.165, 1.54) is 43.2 Å². The van der Waals surface area contributed by atoms with E-state index in [0.29, 0.717) is 5.92 Å². The van der Waals surface area contributed by atoms with E-state index < -0.39 is 0 Å². The Morgan fingerprint density at radius 3 is 2.11 bits per heavy atom. The molecule has 35 heavy (non-hydrogen) atoms. The van der Waals surface area contributed by atoms with Crippen LogP contribution in [0.25, 0.3) is 12.2 Å². The molecule has 4 aromatic carbocycles. The van der Waals surface area contributed by atoms with E-state index in [4.69, 9.17) is 0 Å². The maximum atomic E-state index is 3.52. The van der Waals surface area contributed by atoms with E-state index in [9.17, 15) is 0 Å². The molecule has 0 amide bonds. The minimum Gasteiger partial charge on any atom is -1.00 e. The molecule has 4 aromatic rings. The van der Waals surface area contributed by atoms with Crippen molar-refractivity contribution < 1.29 is 51.0 Å². The van der Waals surface area contributed by atoms with Gasteiger partial charge in [-0.3, -0.25) is 12.2 Å². The number of fused-ring (bicyclic) bond motifs is 3. The average molecular weight is 654 g/mol. The van der Waals surface area contributed by atoms with Crippen molar-refractivity contribution in [1.29, 1.82) is 0 Å². The number of halogens is 3. The smallest absolute Gasteiger partial charge is 1.00 e. The molecule has 0 radical (unpaired) electrons. The van der Waals surface area contributed by atoms with Crippen molar-refractivity contribution in [3.63, 3.8) is 0 Å². The van der Waals surface area contributed by atoms with Crippen molar-refractivity contribution in [2.75, 3.05) is 0 Å². The van der Waals surface area contributed by atoms with Crippen LogP contribution in [-0.4, -0.2) is 0 Å². The van der Waals surface area contributed by atoms with Crippen LogP contribution in [0.2, 0.25) is 0 Å². The van der Waals surface area contributed by atoms with E-state index >= 15 is 0 Å². The van der Waals surface area contributed by atoms with Crippen LogP contribution in [0.15, 0.2) is 105 Å². The maximum Gasteiger partial charge on any atom is 4.00 e. The normalized spacial score (nSPS) is 16.8. The molecule has 170 valence electrons. The van der Waals surface area contributed by atoms with E-state index in [1.54, 1.807) is 0 Å². The van der Waals surface area contributed by atoms with Crippen LogP contribution >= 0.6 is 27.7 Å². The molecule has 0 spiro atoms. The first-order chi connectivity index (χ1) is 15.8. The Hall–Kier alpha value is -1.35. The predicted molar refractivity (Wildman–Crippen MR) is 137 cm³/mol. The molecule has 0 aromatic heterocycles. The molecule has 0 nitrogen and oxygen atoms in total. The Morgan fingerprint density at radius 1 is 0.657 bits per heavy atom. The standard InChI is InChI=1S/C15H10Br.C15H9S.2ClH.Zr/c16-13-8-6-12-7-9-14(15(12)10-13)11-4-2-1-3-5-11;1-2-13-12-8-9-14(13)15(3-1)16-11-6-4-10(12)5-7-11;;;/h1-8,10,14H;1-7,9,12H;2*1H;/q2*-1;;;+4/p-2. The summed E-state index contributed by atoms with van der Waals surface area (Å²) in [5, 5.41) is 0. The van der Waals surface area contributed by atoms with Gasteiger partial charge >= 0.3 is 26.2 Å². The summed E-state index contributed by atoms with van der Waals surface area (Å²) in [6, 6.07) is 32.3. The van der Waals surface area contributed by atoms with Gasteiger partial charge in [-0.1, -0.05) is 117 Å². The molecule has 0 saturated carbocycles. The zero-order valence-corrected chi connectivity index (χ0v) is 24.9. The van der Waals surface area contributed by atoms with Crippen LogP contribution in [0.5, 0.6) is 0 Å². The Kier molecular flexibility index (Phi) is 9.89. The third-order valence-corrected chi connectivity index (χ3v) is 7.72. The zero-order valence-electron chi connectivity index (χ0n) is 18.5. The van der Waals surface area contributed by atoms with Gasteiger partial charge in [0.25, 0.3) is 0 Å². The summed E-state index contributed by atoms with van der Waals surface area (Å²) in [6.45, 7) is 0. The van der Waals surface area contributed by atoms with Gasteiger partial charge in [0.2, 0.25) is 0 Å². The molecule has 2 heterocycles. The summed E-state index contributed by atoms with van der Waals surface area (Å²) in [5.74, 6) is 0.622. The molecule has 2 unspecified atom stereocenters. The van der Waals surface area contributed by atoms with Crippen LogP contribution in [-0.2, 0) is 26.2 Å². The Balaban J connectivity index is 0.000000180. The third kappa shape index (κ3) is 5.66. The fraction of sp³-hybridized carbons (Fsp3) is 0.0667. The molecular formula is C30H19BrCl2SZr. The van der Waals surface area contributed by atoms with Crippen LogP contribution in [0.1, 0.15) is 45.2 Å². The Morgan fingerprint density at radius 2 is 1.34 bits per heavy atom. The molecule has 2 atom stereocenters. The molecule has 0 saturated heterocycles. The van der Waals surface area contributed by atoms with Gasteiger partial charge in [0.15, 0.2) is 0 Å². The monoisotopic (exact) mass is 650 g/mol. The summed E-state index contributed by atoms with van der Waals surface area (Å²) < 4.78 is 1.13. The fourth-order valence-electron chi connectivity index (χ4n) is 4.55. The van der Waals surface area contributed by atoms with E-state index in [1.807, 2.05) is 17.8 Å². The largest absolute Gasteiger partial charge is 4.00 e. The van der Waals surface area contributed by atoms with Crippen molar-refractivity contribution in [3.05, 3.63) is 141 Å². The summed E-state index contributed by atoms with van der Waals surface area (Å²) in [4.78, 5) is 2.66. The molecule has 8 rings (SSSR count). The van der Waals surface area contributed by atoms with E-state index in [2.05, 4.69) is 125 Å². The summed E-state index contributed by atoms with van der Waals surface area (Å²) >= 11 is 5.36. The number of hydrogen-bond acceptors (Lipinski definition) is 1. The fourth-order valence-corrected chi connectivity index (χ4v) is 5.89. The molecule has 0 fully saturated rings. The first-order valence-electron chi connectivity index (χ1n) is 10.7. The Bertz CT molecular complexity index is 1370. The van der Waals surface area contributed by atoms with Gasteiger partial charge in [-0.2, -0.15) is 11.1 Å². The minimum absolute atomic E-state index is 0. The van der Waals surface area contributed by atoms with Crippen molar-refractivity contribution in [2.24, 2.45) is 0 Å². The molecule has 5 heteroatoms. The van der Waals surface area contributed by atoms with Crippen molar-refractivity contribution in [2.45, 2.75) is 21.6 Å². The average Bonchev–Trinajstić information content (AvgIpc) is 3.46. The summed E-state index contributed by atoms with van der Waals surface area (Å²) in [6.07, 6.45) is 11.1. The predicted octanol–water partition coefficient (Wildman–Crippen LogP) is 2.53. The van der Waals surface area contributed by atoms with Crippen molar-refractivity contribution in [1.82, 2.24) is 0 Å². The van der Waals surface area contributed by atoms with Gasteiger partial charge in [0, 0.05) is 9.37 Å². The minimum atomic E-state index is 0. The maximum absolute atomic E-state index is 3.52. The van der Waals surface area contributed by atoms with Crippen LogP contribution in [0.4, 0.5) is 0 Å². The summed E-state index contributed by atoms with van der Waals surface area (Å²) in [7, 11) is 0. The number of allylic oxidation sites excluding steroid dienone is 2. The molecule has 0 N–H and O–H groups in total. The van der Waals surface area contributed by atoms with Gasteiger partial charge in [-0.25, -0.2) is 12.2 Å². The van der Waals surface area contributed by atoms with Crippen molar-refractivity contribution in [3.8, 4) is 0 Å². The SMILES string of the molecule is Brc1ccc2c(c1)C(c1ccccc1)[C-]=C2.[C-]1=Cc2c3cccc2C1c1ccc(cc1)S3.[Cl-].[Cl-].[Zr+4]. The molecule has 2 aliphatic heterocycles. The Labute approximate surface area is 251 Å². The number of rotatable bonds is 1. The summed E-state index contributed by atoms with van der Waals surface area (Å²) in [5.41, 5.74) is 8.02. The van der Waals surface area contributed by atoms with Gasteiger partial charge in [0.1, 0.15) is 0 Å². The van der Waals surface area contributed by atoms with Crippen LogP contribution in [0, 0.1) is 12.2 Å². The second-order valence-corrected chi connectivity index (χ2v) is 10.1. The second kappa shape index (κ2) is 12.3. The molecule has 2 aliphatic carbocycles. The quantitative estimate of drug-likeness (QED) is 0.285. The van der Waals surface area contributed by atoms with Crippen molar-refractivity contribution >= 4 is 39.8 Å². The first-order valence-corrected chi connectivity index (χ1v) is 12.3.